The second kappa shape index (κ2) is 5.85. The molecular formula is C16H11BrClN3OS. The molecule has 4 nitrogen and oxygen atoms in total. The molecule has 4 rings (SSSR count). The lowest BCUT2D eigenvalue weighted by Crippen LogP contribution is -1.97. The minimum absolute atomic E-state index is 0.676. The summed E-state index contributed by atoms with van der Waals surface area (Å²) in [6.07, 6.45) is 3.77. The number of hydrogen-bond acceptors (Lipinski definition) is 4. The van der Waals surface area contributed by atoms with Gasteiger partial charge in [-0.25, -0.2) is 9.97 Å². The molecule has 7 heteroatoms. The predicted molar refractivity (Wildman–Crippen MR) is 97.3 cm³/mol. The zero-order valence-corrected chi connectivity index (χ0v) is 15.2. The molecule has 2 aromatic heterocycles. The SMILES string of the molecule is CSc1nc2ccc(Cn3cnc4cc(Br)c(Cl)cc43)cc2o1. The summed E-state index contributed by atoms with van der Waals surface area (Å²) in [6.45, 7) is 0.694. The summed E-state index contributed by atoms with van der Waals surface area (Å²) in [4.78, 5) is 8.83. The van der Waals surface area contributed by atoms with E-state index in [2.05, 4.69) is 36.5 Å². The Morgan fingerprint density at radius 2 is 2.13 bits per heavy atom. The number of aromatic nitrogens is 3. The van der Waals surface area contributed by atoms with Gasteiger partial charge in [0, 0.05) is 11.0 Å². The molecule has 0 unspecified atom stereocenters. The highest BCUT2D eigenvalue weighted by molar-refractivity contribution is 9.10. The third kappa shape index (κ3) is 2.75. The number of thioether (sulfide) groups is 1. The number of hydrogen-bond donors (Lipinski definition) is 0. The van der Waals surface area contributed by atoms with Gasteiger partial charge in [-0.2, -0.15) is 0 Å². The lowest BCUT2D eigenvalue weighted by atomic mass is 10.2. The van der Waals surface area contributed by atoms with Gasteiger partial charge in [-0.05, 0) is 52.0 Å². The van der Waals surface area contributed by atoms with E-state index in [0.717, 1.165) is 32.2 Å². The fourth-order valence-electron chi connectivity index (χ4n) is 2.51. The van der Waals surface area contributed by atoms with Crippen molar-refractivity contribution in [2.45, 2.75) is 11.8 Å². The Morgan fingerprint density at radius 3 is 2.96 bits per heavy atom. The second-order valence-corrected chi connectivity index (χ2v) is 7.13. The molecule has 4 aromatic rings. The Kier molecular flexibility index (Phi) is 3.83. The molecule has 0 spiro atoms. The van der Waals surface area contributed by atoms with Gasteiger partial charge < -0.3 is 8.98 Å². The maximum Gasteiger partial charge on any atom is 0.256 e. The zero-order chi connectivity index (χ0) is 16.0. The van der Waals surface area contributed by atoms with E-state index in [9.17, 15) is 0 Å². The lowest BCUT2D eigenvalue weighted by molar-refractivity contribution is 0.490. The van der Waals surface area contributed by atoms with E-state index in [0.29, 0.717) is 16.8 Å². The van der Waals surface area contributed by atoms with Gasteiger partial charge in [-0.15, -0.1) is 0 Å². The van der Waals surface area contributed by atoms with Crippen LogP contribution >= 0.6 is 39.3 Å². The van der Waals surface area contributed by atoms with Crippen molar-refractivity contribution in [2.75, 3.05) is 6.26 Å². The largest absolute Gasteiger partial charge is 0.431 e. The van der Waals surface area contributed by atoms with Crippen LogP contribution in [0.25, 0.3) is 22.1 Å². The molecule has 2 aromatic carbocycles. The molecule has 0 aliphatic carbocycles. The summed E-state index contributed by atoms with van der Waals surface area (Å²) >= 11 is 11.1. The van der Waals surface area contributed by atoms with Gasteiger partial charge in [0.2, 0.25) is 0 Å². The van der Waals surface area contributed by atoms with Crippen molar-refractivity contribution in [2.24, 2.45) is 0 Å². The summed E-state index contributed by atoms with van der Waals surface area (Å²) in [6, 6.07) is 9.91. The van der Waals surface area contributed by atoms with E-state index in [-0.39, 0.29) is 0 Å². The average molecular weight is 409 g/mol. The van der Waals surface area contributed by atoms with Crippen molar-refractivity contribution in [3.8, 4) is 0 Å². The van der Waals surface area contributed by atoms with E-state index >= 15 is 0 Å². The molecule has 0 atom stereocenters. The van der Waals surface area contributed by atoms with Crippen LogP contribution in [0.2, 0.25) is 5.02 Å². The first-order valence-corrected chi connectivity index (χ1v) is 9.27. The van der Waals surface area contributed by atoms with Gasteiger partial charge in [0.05, 0.1) is 22.4 Å². The van der Waals surface area contributed by atoms with Crippen LogP contribution in [0.5, 0.6) is 0 Å². The Bertz CT molecular complexity index is 1030. The quantitative estimate of drug-likeness (QED) is 0.428. The van der Waals surface area contributed by atoms with Crippen LogP contribution < -0.4 is 0 Å². The van der Waals surface area contributed by atoms with E-state index in [1.807, 2.05) is 36.8 Å². The average Bonchev–Trinajstić information content (AvgIpc) is 3.12. The number of imidazole rings is 1. The zero-order valence-electron chi connectivity index (χ0n) is 12.1. The highest BCUT2D eigenvalue weighted by Gasteiger charge is 2.09. The molecule has 0 radical (unpaired) electrons. The van der Waals surface area contributed by atoms with Gasteiger partial charge in [0.1, 0.15) is 5.52 Å². The monoisotopic (exact) mass is 407 g/mol. The highest BCUT2D eigenvalue weighted by atomic mass is 79.9. The van der Waals surface area contributed by atoms with Gasteiger partial charge in [0.15, 0.2) is 5.58 Å². The summed E-state index contributed by atoms with van der Waals surface area (Å²) in [5.74, 6) is 0. The fraction of sp³-hybridized carbons (Fsp3) is 0.125. The van der Waals surface area contributed by atoms with Crippen molar-refractivity contribution >= 4 is 61.4 Å². The van der Waals surface area contributed by atoms with E-state index in [1.54, 1.807) is 0 Å². The van der Waals surface area contributed by atoms with E-state index < -0.39 is 0 Å². The summed E-state index contributed by atoms with van der Waals surface area (Å²) < 4.78 is 8.62. The van der Waals surface area contributed by atoms with Crippen LogP contribution in [-0.4, -0.2) is 20.8 Å². The van der Waals surface area contributed by atoms with Crippen molar-refractivity contribution < 1.29 is 4.42 Å². The normalized spacial score (nSPS) is 11.6. The number of halogens is 2. The number of nitrogens with zero attached hydrogens (tertiary/aromatic N) is 3. The minimum atomic E-state index is 0.676. The molecule has 2 heterocycles. The summed E-state index contributed by atoms with van der Waals surface area (Å²) in [5.41, 5.74) is 4.71. The maximum atomic E-state index is 6.20. The molecule has 0 saturated heterocycles. The Labute approximate surface area is 150 Å². The number of rotatable bonds is 3. The van der Waals surface area contributed by atoms with Crippen molar-refractivity contribution in [1.82, 2.24) is 14.5 Å². The molecule has 0 N–H and O–H groups in total. The topological polar surface area (TPSA) is 43.9 Å². The van der Waals surface area contributed by atoms with Crippen molar-refractivity contribution in [3.05, 3.63) is 51.7 Å². The van der Waals surface area contributed by atoms with E-state index in [1.165, 1.54) is 11.8 Å². The number of oxazole rings is 1. The first kappa shape index (κ1) is 15.1. The van der Waals surface area contributed by atoms with Crippen molar-refractivity contribution in [3.63, 3.8) is 0 Å². The number of benzene rings is 2. The van der Waals surface area contributed by atoms with Crippen LogP contribution in [-0.2, 0) is 6.54 Å². The first-order chi connectivity index (χ1) is 11.1. The first-order valence-electron chi connectivity index (χ1n) is 6.87. The molecule has 0 amide bonds. The molecular weight excluding hydrogens is 398 g/mol. The number of fused-ring (bicyclic) bond motifs is 2. The molecule has 0 aliphatic heterocycles. The van der Waals surface area contributed by atoms with E-state index in [4.69, 9.17) is 16.0 Å². The molecule has 0 aliphatic rings. The Morgan fingerprint density at radius 1 is 1.26 bits per heavy atom. The van der Waals surface area contributed by atoms with Crippen LogP contribution in [0, 0.1) is 0 Å². The molecule has 0 bridgehead atoms. The van der Waals surface area contributed by atoms with Gasteiger partial charge in [-0.1, -0.05) is 29.4 Å². The van der Waals surface area contributed by atoms with Crippen LogP contribution in [0.3, 0.4) is 0 Å². The summed E-state index contributed by atoms with van der Waals surface area (Å²) in [7, 11) is 0. The van der Waals surface area contributed by atoms with Crippen molar-refractivity contribution in [1.29, 1.82) is 0 Å². The third-order valence-electron chi connectivity index (χ3n) is 3.62. The third-order valence-corrected chi connectivity index (χ3v) is 5.34. The molecule has 0 fully saturated rings. The molecule has 0 saturated carbocycles. The van der Waals surface area contributed by atoms with Crippen LogP contribution in [0.4, 0.5) is 0 Å². The second-order valence-electron chi connectivity index (χ2n) is 5.11. The van der Waals surface area contributed by atoms with Crippen LogP contribution in [0.15, 0.2) is 50.8 Å². The minimum Gasteiger partial charge on any atom is -0.431 e. The van der Waals surface area contributed by atoms with Gasteiger partial charge in [-0.3, -0.25) is 0 Å². The predicted octanol–water partition coefficient (Wildman–Crippen LogP) is 5.36. The smallest absolute Gasteiger partial charge is 0.256 e. The standard InChI is InChI=1S/C16H11BrClN3OS/c1-23-16-20-12-3-2-9(4-15(12)22-16)7-21-8-19-13-5-10(17)11(18)6-14(13)21/h2-6,8H,7H2,1H3. The lowest BCUT2D eigenvalue weighted by Gasteiger charge is -2.05. The van der Waals surface area contributed by atoms with Gasteiger partial charge in [0.25, 0.3) is 5.22 Å². The Hall–Kier alpha value is -1.50. The summed E-state index contributed by atoms with van der Waals surface area (Å²) in [5, 5.41) is 1.36. The Balaban J connectivity index is 1.73. The maximum absolute atomic E-state index is 6.20. The van der Waals surface area contributed by atoms with Crippen LogP contribution in [0.1, 0.15) is 5.56 Å². The molecule has 23 heavy (non-hydrogen) atoms. The van der Waals surface area contributed by atoms with Gasteiger partial charge >= 0.3 is 0 Å². The highest BCUT2D eigenvalue weighted by Crippen LogP contribution is 2.28. The molecule has 116 valence electrons. The fourth-order valence-corrected chi connectivity index (χ4v) is 3.36.